The van der Waals surface area contributed by atoms with Crippen molar-refractivity contribution in [3.8, 4) is 5.75 Å². The zero-order valence-electron chi connectivity index (χ0n) is 11.9. The highest BCUT2D eigenvalue weighted by molar-refractivity contribution is 5.77. The Morgan fingerprint density at radius 3 is 2.74 bits per heavy atom. The normalized spacial score (nSPS) is 16.1. The van der Waals surface area contributed by atoms with Crippen LogP contribution in [0, 0.1) is 6.92 Å². The van der Waals surface area contributed by atoms with Gasteiger partial charge >= 0.3 is 0 Å². The molecule has 19 heavy (non-hydrogen) atoms. The second kappa shape index (κ2) is 6.60. The van der Waals surface area contributed by atoms with Crippen LogP contribution >= 0.6 is 0 Å². The molecule has 0 saturated heterocycles. The monoisotopic (exact) mass is 261 g/mol. The van der Waals surface area contributed by atoms with Gasteiger partial charge in [0.2, 0.25) is 0 Å². The molecule has 2 rings (SSSR count). The molecule has 0 bridgehead atoms. The minimum atomic E-state index is 0.0772. The van der Waals surface area contributed by atoms with E-state index in [4.69, 9.17) is 4.74 Å². The van der Waals surface area contributed by atoms with Crippen LogP contribution in [0.15, 0.2) is 24.3 Å². The molecule has 104 valence electrons. The fraction of sp³-hybridized carbons (Fsp3) is 0.562. The van der Waals surface area contributed by atoms with Crippen LogP contribution < -0.4 is 4.74 Å². The van der Waals surface area contributed by atoms with Gasteiger partial charge in [0, 0.05) is 13.1 Å². The number of carbonyl (C=O) groups is 1. The van der Waals surface area contributed by atoms with Gasteiger partial charge in [-0.15, -0.1) is 0 Å². The second-order valence-corrected chi connectivity index (χ2v) is 5.40. The van der Waals surface area contributed by atoms with Crippen LogP contribution in [0.5, 0.6) is 5.75 Å². The number of hydrogen-bond donors (Lipinski definition) is 0. The van der Waals surface area contributed by atoms with E-state index in [1.165, 1.54) is 19.3 Å². The number of likely N-dealkylation sites (N-methyl/N-ethyl adjacent to an activating group) is 1. The Labute approximate surface area is 115 Å². The molecule has 1 aromatic carbocycles. The number of rotatable bonds is 4. The summed E-state index contributed by atoms with van der Waals surface area (Å²) in [5, 5.41) is 0. The van der Waals surface area contributed by atoms with Crippen LogP contribution in [0.4, 0.5) is 0 Å². The number of amides is 1. The lowest BCUT2D eigenvalue weighted by atomic mass is 9.94. The fourth-order valence-electron chi connectivity index (χ4n) is 2.62. The van der Waals surface area contributed by atoms with Crippen LogP contribution in [0.25, 0.3) is 0 Å². The summed E-state index contributed by atoms with van der Waals surface area (Å²) in [6, 6.07) is 8.21. The lowest BCUT2D eigenvalue weighted by Gasteiger charge is -2.31. The molecule has 0 atom stereocenters. The molecule has 3 nitrogen and oxygen atoms in total. The molecule has 1 aromatic rings. The predicted octanol–water partition coefficient (Wildman–Crippen LogP) is 3.16. The molecule has 0 radical (unpaired) electrons. The van der Waals surface area contributed by atoms with E-state index in [2.05, 4.69) is 0 Å². The van der Waals surface area contributed by atoms with E-state index in [1.807, 2.05) is 43.1 Å². The SMILES string of the molecule is Cc1cccc(OCC(=O)N(C)C2CCCCC2)c1. The van der Waals surface area contributed by atoms with Crippen LogP contribution in [-0.4, -0.2) is 30.5 Å². The highest BCUT2D eigenvalue weighted by Gasteiger charge is 2.22. The van der Waals surface area contributed by atoms with Crippen LogP contribution in [0.2, 0.25) is 0 Å². The van der Waals surface area contributed by atoms with Crippen molar-refractivity contribution in [3.05, 3.63) is 29.8 Å². The predicted molar refractivity (Wildman–Crippen MR) is 76.3 cm³/mol. The minimum absolute atomic E-state index is 0.0772. The lowest BCUT2D eigenvalue weighted by molar-refractivity contribution is -0.134. The second-order valence-electron chi connectivity index (χ2n) is 5.40. The zero-order valence-corrected chi connectivity index (χ0v) is 11.9. The summed E-state index contributed by atoms with van der Waals surface area (Å²) < 4.78 is 5.57. The number of carbonyl (C=O) groups excluding carboxylic acids is 1. The van der Waals surface area contributed by atoms with Gasteiger partial charge in [-0.05, 0) is 37.5 Å². The van der Waals surface area contributed by atoms with Crippen molar-refractivity contribution >= 4 is 5.91 Å². The summed E-state index contributed by atoms with van der Waals surface area (Å²) in [6.45, 7) is 2.15. The van der Waals surface area contributed by atoms with Crippen molar-refractivity contribution in [2.45, 2.75) is 45.1 Å². The molecular weight excluding hydrogens is 238 g/mol. The van der Waals surface area contributed by atoms with Crippen molar-refractivity contribution in [1.29, 1.82) is 0 Å². The first kappa shape index (κ1) is 13.9. The first-order valence-electron chi connectivity index (χ1n) is 7.12. The highest BCUT2D eigenvalue weighted by Crippen LogP contribution is 2.21. The molecule has 0 aromatic heterocycles. The van der Waals surface area contributed by atoms with Gasteiger partial charge in [0.05, 0.1) is 0 Å². The molecule has 1 aliphatic carbocycles. The largest absolute Gasteiger partial charge is 0.484 e. The number of aryl methyl sites for hydroxylation is 1. The summed E-state index contributed by atoms with van der Waals surface area (Å²) in [6.07, 6.45) is 6.04. The van der Waals surface area contributed by atoms with Gasteiger partial charge in [0.15, 0.2) is 6.61 Å². The van der Waals surface area contributed by atoms with Crippen molar-refractivity contribution in [1.82, 2.24) is 4.90 Å². The Bertz CT molecular complexity index is 425. The third kappa shape index (κ3) is 3.98. The Morgan fingerprint density at radius 1 is 1.32 bits per heavy atom. The molecule has 0 unspecified atom stereocenters. The molecule has 1 fully saturated rings. The van der Waals surface area contributed by atoms with Gasteiger partial charge in [0.25, 0.3) is 5.91 Å². The highest BCUT2D eigenvalue weighted by atomic mass is 16.5. The maximum atomic E-state index is 12.1. The van der Waals surface area contributed by atoms with Crippen LogP contribution in [0.1, 0.15) is 37.7 Å². The zero-order chi connectivity index (χ0) is 13.7. The molecule has 0 heterocycles. The molecule has 1 aliphatic rings. The lowest BCUT2D eigenvalue weighted by Crippen LogP contribution is -2.40. The Balaban J connectivity index is 1.83. The van der Waals surface area contributed by atoms with Crippen molar-refractivity contribution in [3.63, 3.8) is 0 Å². The van der Waals surface area contributed by atoms with Crippen LogP contribution in [-0.2, 0) is 4.79 Å². The topological polar surface area (TPSA) is 29.5 Å². The third-order valence-corrected chi connectivity index (χ3v) is 3.87. The number of ether oxygens (including phenoxy) is 1. The van der Waals surface area contributed by atoms with Gasteiger partial charge in [0.1, 0.15) is 5.75 Å². The average Bonchev–Trinajstić information content (AvgIpc) is 2.45. The summed E-state index contributed by atoms with van der Waals surface area (Å²) in [7, 11) is 1.90. The van der Waals surface area contributed by atoms with Gasteiger partial charge in [-0.1, -0.05) is 31.4 Å². The van der Waals surface area contributed by atoms with E-state index in [1.54, 1.807) is 0 Å². The Hall–Kier alpha value is -1.51. The van der Waals surface area contributed by atoms with Gasteiger partial charge in [-0.2, -0.15) is 0 Å². The number of nitrogens with zero attached hydrogens (tertiary/aromatic N) is 1. The van der Waals surface area contributed by atoms with E-state index in [0.29, 0.717) is 6.04 Å². The number of hydrogen-bond acceptors (Lipinski definition) is 2. The summed E-state index contributed by atoms with van der Waals surface area (Å²) >= 11 is 0. The summed E-state index contributed by atoms with van der Waals surface area (Å²) in [5.41, 5.74) is 1.14. The minimum Gasteiger partial charge on any atom is -0.484 e. The molecule has 0 aliphatic heterocycles. The molecule has 0 spiro atoms. The van der Waals surface area contributed by atoms with Crippen molar-refractivity contribution < 1.29 is 9.53 Å². The van der Waals surface area contributed by atoms with Crippen molar-refractivity contribution in [2.24, 2.45) is 0 Å². The average molecular weight is 261 g/mol. The van der Waals surface area contributed by atoms with E-state index >= 15 is 0 Å². The molecule has 1 saturated carbocycles. The van der Waals surface area contributed by atoms with Gasteiger partial charge in [-0.25, -0.2) is 0 Å². The Kier molecular flexibility index (Phi) is 4.83. The maximum Gasteiger partial charge on any atom is 0.260 e. The van der Waals surface area contributed by atoms with E-state index in [9.17, 15) is 4.79 Å². The molecular formula is C16H23NO2. The maximum absolute atomic E-state index is 12.1. The first-order chi connectivity index (χ1) is 9.16. The quantitative estimate of drug-likeness (QED) is 0.833. The van der Waals surface area contributed by atoms with E-state index in [0.717, 1.165) is 24.2 Å². The summed E-state index contributed by atoms with van der Waals surface area (Å²) in [5.74, 6) is 0.846. The van der Waals surface area contributed by atoms with Gasteiger partial charge < -0.3 is 9.64 Å². The number of benzene rings is 1. The smallest absolute Gasteiger partial charge is 0.260 e. The Morgan fingerprint density at radius 2 is 2.05 bits per heavy atom. The van der Waals surface area contributed by atoms with E-state index in [-0.39, 0.29) is 12.5 Å². The molecule has 1 amide bonds. The van der Waals surface area contributed by atoms with Crippen molar-refractivity contribution in [2.75, 3.05) is 13.7 Å². The summed E-state index contributed by atoms with van der Waals surface area (Å²) in [4.78, 5) is 14.0. The van der Waals surface area contributed by atoms with E-state index < -0.39 is 0 Å². The van der Waals surface area contributed by atoms with Crippen LogP contribution in [0.3, 0.4) is 0 Å². The fourth-order valence-corrected chi connectivity index (χ4v) is 2.62. The third-order valence-electron chi connectivity index (χ3n) is 3.87. The van der Waals surface area contributed by atoms with Gasteiger partial charge in [-0.3, -0.25) is 4.79 Å². The molecule has 0 N–H and O–H groups in total. The molecule has 3 heteroatoms. The standard InChI is InChI=1S/C16H23NO2/c1-13-7-6-10-15(11-13)19-12-16(18)17(2)14-8-4-3-5-9-14/h6-7,10-11,14H,3-5,8-9,12H2,1-2H3. The first-order valence-corrected chi connectivity index (χ1v) is 7.12.